The molecule has 0 bridgehead atoms. The normalized spacial score (nSPS) is 12.1. The van der Waals surface area contributed by atoms with E-state index in [2.05, 4.69) is 4.98 Å². The monoisotopic (exact) mass is 466 g/mol. The molecule has 0 atom stereocenters. The van der Waals surface area contributed by atoms with Crippen LogP contribution in [0, 0.1) is 6.92 Å². The summed E-state index contributed by atoms with van der Waals surface area (Å²) in [6, 6.07) is 18.5. The zero-order chi connectivity index (χ0) is 24.7. The molecule has 176 valence electrons. The van der Waals surface area contributed by atoms with Crippen LogP contribution in [0.4, 0.5) is 13.2 Å². The first-order valence-corrected chi connectivity index (χ1v) is 10.7. The number of imidazole rings is 1. The summed E-state index contributed by atoms with van der Waals surface area (Å²) in [4.78, 5) is 4.44. The van der Waals surface area contributed by atoms with Gasteiger partial charge in [-0.25, -0.2) is 4.98 Å². The van der Waals surface area contributed by atoms with Gasteiger partial charge >= 0.3 is 6.18 Å². The molecular weight excluding hydrogens is 441 g/mol. The third-order valence-corrected chi connectivity index (χ3v) is 5.69. The summed E-state index contributed by atoms with van der Waals surface area (Å²) < 4.78 is 48.4. The predicted molar refractivity (Wildman–Crippen MR) is 126 cm³/mol. The van der Waals surface area contributed by atoms with Gasteiger partial charge in [-0.2, -0.15) is 13.2 Å². The zero-order valence-electron chi connectivity index (χ0n) is 19.3. The fourth-order valence-corrected chi connectivity index (χ4v) is 3.85. The quantitative estimate of drug-likeness (QED) is 0.353. The second-order valence-electron chi connectivity index (χ2n) is 8.65. The van der Waals surface area contributed by atoms with Gasteiger partial charge < -0.3 is 9.84 Å². The molecule has 0 aliphatic carbocycles. The van der Waals surface area contributed by atoms with E-state index in [-0.39, 0.29) is 17.1 Å². The Bertz CT molecular complexity index is 1330. The highest BCUT2D eigenvalue weighted by molar-refractivity contribution is 5.72. The van der Waals surface area contributed by atoms with E-state index in [1.54, 1.807) is 43.9 Å². The van der Waals surface area contributed by atoms with Crippen molar-refractivity contribution < 1.29 is 23.0 Å². The van der Waals surface area contributed by atoms with Crippen molar-refractivity contribution in [1.29, 1.82) is 0 Å². The molecule has 3 aromatic carbocycles. The lowest BCUT2D eigenvalue weighted by molar-refractivity contribution is -0.137. The molecule has 4 aromatic rings. The number of aryl methyl sites for hydroxylation is 1. The molecule has 0 aliphatic heterocycles. The van der Waals surface area contributed by atoms with Gasteiger partial charge in [0.05, 0.1) is 18.4 Å². The number of alkyl halides is 3. The second-order valence-corrected chi connectivity index (χ2v) is 8.65. The van der Waals surface area contributed by atoms with Crippen LogP contribution in [-0.4, -0.2) is 21.8 Å². The molecule has 4 rings (SSSR count). The number of rotatable bonds is 5. The van der Waals surface area contributed by atoms with Gasteiger partial charge in [-0.05, 0) is 67.8 Å². The van der Waals surface area contributed by atoms with E-state index < -0.39 is 17.3 Å². The van der Waals surface area contributed by atoms with Gasteiger partial charge in [0.2, 0.25) is 0 Å². The van der Waals surface area contributed by atoms with Gasteiger partial charge in [0.25, 0.3) is 0 Å². The lowest BCUT2D eigenvalue weighted by atomic mass is 9.99. The molecule has 0 aliphatic rings. The van der Waals surface area contributed by atoms with E-state index in [0.717, 1.165) is 22.8 Å². The number of nitrogens with zero attached hydrogens (tertiary/aromatic N) is 2. The van der Waals surface area contributed by atoms with Crippen molar-refractivity contribution >= 4 is 0 Å². The molecule has 0 saturated carbocycles. The van der Waals surface area contributed by atoms with Gasteiger partial charge in [0.1, 0.15) is 17.2 Å². The van der Waals surface area contributed by atoms with E-state index in [1.807, 2.05) is 43.3 Å². The van der Waals surface area contributed by atoms with Crippen LogP contribution in [0.25, 0.3) is 28.2 Å². The molecule has 0 saturated heterocycles. The highest BCUT2D eigenvalue weighted by Crippen LogP contribution is 2.38. The summed E-state index contributed by atoms with van der Waals surface area (Å²) in [6.07, 6.45) is -2.97. The van der Waals surface area contributed by atoms with Crippen molar-refractivity contribution in [3.05, 3.63) is 89.7 Å². The Morgan fingerprint density at radius 3 is 2.32 bits per heavy atom. The predicted octanol–water partition coefficient (Wildman–Crippen LogP) is 6.77. The number of hydrogen-bond acceptors (Lipinski definition) is 3. The van der Waals surface area contributed by atoms with Crippen molar-refractivity contribution in [3.8, 4) is 34.0 Å². The summed E-state index contributed by atoms with van der Waals surface area (Å²) in [7, 11) is 1.60. The van der Waals surface area contributed by atoms with Crippen LogP contribution < -0.4 is 4.74 Å². The van der Waals surface area contributed by atoms with E-state index in [9.17, 15) is 18.3 Å². The average Bonchev–Trinajstić information content (AvgIpc) is 3.25. The third-order valence-electron chi connectivity index (χ3n) is 5.69. The minimum absolute atomic E-state index is 0.0616. The molecule has 0 amide bonds. The van der Waals surface area contributed by atoms with E-state index in [0.29, 0.717) is 11.4 Å². The minimum atomic E-state index is -4.55. The largest absolute Gasteiger partial charge is 0.497 e. The van der Waals surface area contributed by atoms with Crippen LogP contribution in [0.5, 0.6) is 5.75 Å². The van der Waals surface area contributed by atoms with Crippen LogP contribution >= 0.6 is 0 Å². The first kappa shape index (κ1) is 23.6. The molecule has 0 unspecified atom stereocenters. The number of hydrogen-bond donors (Lipinski definition) is 1. The average molecular weight is 467 g/mol. The van der Waals surface area contributed by atoms with Crippen LogP contribution in [0.2, 0.25) is 0 Å². The summed E-state index contributed by atoms with van der Waals surface area (Å²) in [5.41, 5.74) is 1.55. The zero-order valence-corrected chi connectivity index (χ0v) is 19.3. The molecule has 7 heteroatoms. The number of aliphatic hydroxyl groups is 1. The van der Waals surface area contributed by atoms with Gasteiger partial charge in [0, 0.05) is 17.4 Å². The van der Waals surface area contributed by atoms with Crippen LogP contribution in [0.15, 0.2) is 72.9 Å². The van der Waals surface area contributed by atoms with E-state index in [4.69, 9.17) is 4.74 Å². The van der Waals surface area contributed by atoms with Crippen molar-refractivity contribution in [2.75, 3.05) is 7.11 Å². The molecule has 0 spiro atoms. The molecule has 0 fully saturated rings. The lowest BCUT2D eigenvalue weighted by Gasteiger charge is -2.15. The van der Waals surface area contributed by atoms with Crippen LogP contribution in [0.1, 0.15) is 30.7 Å². The minimum Gasteiger partial charge on any atom is -0.497 e. The maximum atomic E-state index is 13.8. The fraction of sp³-hybridized carbons (Fsp3) is 0.222. The standard InChI is InChI=1S/C27H25F3N2O2/c1-17-12-13-20(34-4)15-22(17)18-8-7-9-19(14-18)32-16-24(26(2,3)33)31-25(32)21-10-5-6-11-23(21)27(28,29)30/h5-16,33H,1-4H3. The fourth-order valence-electron chi connectivity index (χ4n) is 3.85. The summed E-state index contributed by atoms with van der Waals surface area (Å²) in [5, 5.41) is 10.6. The van der Waals surface area contributed by atoms with Crippen molar-refractivity contribution in [2.45, 2.75) is 32.5 Å². The van der Waals surface area contributed by atoms with E-state index >= 15 is 0 Å². The highest BCUT2D eigenvalue weighted by Gasteiger charge is 2.35. The third kappa shape index (κ3) is 4.56. The summed E-state index contributed by atoms with van der Waals surface area (Å²) in [5.74, 6) is 0.808. The van der Waals surface area contributed by atoms with E-state index in [1.165, 1.54) is 12.1 Å². The van der Waals surface area contributed by atoms with Crippen molar-refractivity contribution in [1.82, 2.24) is 9.55 Å². The number of halogens is 3. The lowest BCUT2D eigenvalue weighted by Crippen LogP contribution is -2.15. The Morgan fingerprint density at radius 1 is 0.912 bits per heavy atom. The van der Waals surface area contributed by atoms with Crippen molar-refractivity contribution in [3.63, 3.8) is 0 Å². The smallest absolute Gasteiger partial charge is 0.417 e. The number of aromatic nitrogens is 2. The number of ether oxygens (including phenoxy) is 1. The Morgan fingerprint density at radius 2 is 1.65 bits per heavy atom. The number of methoxy groups -OCH3 is 1. The SMILES string of the molecule is COc1ccc(C)c(-c2cccc(-n3cc(C(C)(C)O)nc3-c3ccccc3C(F)(F)F)c2)c1. The molecule has 1 heterocycles. The molecule has 4 nitrogen and oxygen atoms in total. The molecule has 34 heavy (non-hydrogen) atoms. The molecule has 1 N–H and O–H groups in total. The van der Waals surface area contributed by atoms with Crippen LogP contribution in [0.3, 0.4) is 0 Å². The Hall–Kier alpha value is -3.58. The molecule has 0 radical (unpaired) electrons. The summed E-state index contributed by atoms with van der Waals surface area (Å²) >= 11 is 0. The first-order valence-electron chi connectivity index (χ1n) is 10.7. The van der Waals surface area contributed by atoms with Gasteiger partial charge in [0.15, 0.2) is 0 Å². The van der Waals surface area contributed by atoms with Gasteiger partial charge in [-0.3, -0.25) is 4.57 Å². The molecule has 1 aromatic heterocycles. The maximum Gasteiger partial charge on any atom is 0.417 e. The Labute approximate surface area is 196 Å². The Kier molecular flexibility index (Phi) is 6.00. The molecular formula is C27H25F3N2O2. The Balaban J connectivity index is 1.94. The van der Waals surface area contributed by atoms with Crippen LogP contribution in [-0.2, 0) is 11.8 Å². The van der Waals surface area contributed by atoms with Gasteiger partial charge in [-0.1, -0.05) is 36.4 Å². The second kappa shape index (κ2) is 8.65. The van der Waals surface area contributed by atoms with Crippen molar-refractivity contribution in [2.24, 2.45) is 0 Å². The topological polar surface area (TPSA) is 47.3 Å². The maximum absolute atomic E-state index is 13.8. The first-order chi connectivity index (χ1) is 16.0. The summed E-state index contributed by atoms with van der Waals surface area (Å²) in [6.45, 7) is 5.08. The highest BCUT2D eigenvalue weighted by atomic mass is 19.4. The van der Waals surface area contributed by atoms with Gasteiger partial charge in [-0.15, -0.1) is 0 Å². The number of benzene rings is 3.